The van der Waals surface area contributed by atoms with Gasteiger partial charge in [0.2, 0.25) is 10.0 Å². The molecule has 0 saturated carbocycles. The van der Waals surface area contributed by atoms with E-state index in [1.165, 1.54) is 12.3 Å². The van der Waals surface area contributed by atoms with Gasteiger partial charge in [-0.25, -0.2) is 18.4 Å². The van der Waals surface area contributed by atoms with Crippen molar-refractivity contribution in [2.75, 3.05) is 5.32 Å². The molecule has 27 heavy (non-hydrogen) atoms. The third kappa shape index (κ3) is 4.46. The molecule has 0 aliphatic rings. The number of para-hydroxylation sites is 1. The van der Waals surface area contributed by atoms with Crippen molar-refractivity contribution >= 4 is 21.7 Å². The van der Waals surface area contributed by atoms with Crippen LogP contribution in [0.4, 0.5) is 5.69 Å². The fourth-order valence-corrected chi connectivity index (χ4v) is 3.08. The van der Waals surface area contributed by atoms with Gasteiger partial charge in [-0.1, -0.05) is 18.2 Å². The summed E-state index contributed by atoms with van der Waals surface area (Å²) < 4.78 is 35.1. The molecule has 9 heteroatoms. The van der Waals surface area contributed by atoms with Gasteiger partial charge in [-0.05, 0) is 36.4 Å². The predicted molar refractivity (Wildman–Crippen MR) is 97.3 cm³/mol. The maximum absolute atomic E-state index is 12.1. The number of hydrogen-bond acceptors (Lipinski definition) is 6. The van der Waals surface area contributed by atoms with Crippen molar-refractivity contribution in [2.45, 2.75) is 11.4 Å². The SMILES string of the molecule is NS(=O)(=O)c1cc(C(=O)O)cc(NCc2ccco2)c1Oc1ccccc1. The van der Waals surface area contributed by atoms with E-state index in [4.69, 9.17) is 14.3 Å². The second-order valence-electron chi connectivity index (χ2n) is 5.55. The van der Waals surface area contributed by atoms with Gasteiger partial charge in [0, 0.05) is 0 Å². The minimum atomic E-state index is -4.26. The van der Waals surface area contributed by atoms with Crippen LogP contribution in [0.25, 0.3) is 0 Å². The van der Waals surface area contributed by atoms with E-state index in [1.54, 1.807) is 42.5 Å². The van der Waals surface area contributed by atoms with Gasteiger partial charge < -0.3 is 19.6 Å². The Morgan fingerprint density at radius 3 is 2.48 bits per heavy atom. The fraction of sp³-hybridized carbons (Fsp3) is 0.0556. The minimum absolute atomic E-state index is 0.0970. The van der Waals surface area contributed by atoms with Gasteiger partial charge in [0.1, 0.15) is 16.4 Å². The molecule has 1 aromatic heterocycles. The standard InChI is InChI=1S/C18H16N2O6S/c19-27(23,24)16-10-12(18(21)22)9-15(20-11-14-7-4-8-25-14)17(16)26-13-5-2-1-3-6-13/h1-10,20H,11H2,(H,21,22)(H2,19,23,24). The quantitative estimate of drug-likeness (QED) is 0.567. The topological polar surface area (TPSA) is 132 Å². The lowest BCUT2D eigenvalue weighted by molar-refractivity contribution is 0.0696. The molecule has 0 atom stereocenters. The number of rotatable bonds is 7. The number of nitrogens with one attached hydrogen (secondary N) is 1. The van der Waals surface area contributed by atoms with Gasteiger partial charge >= 0.3 is 5.97 Å². The number of hydrogen-bond donors (Lipinski definition) is 3. The lowest BCUT2D eigenvalue weighted by Gasteiger charge is -2.17. The lowest BCUT2D eigenvalue weighted by atomic mass is 10.1. The van der Waals surface area contributed by atoms with Crippen molar-refractivity contribution in [1.29, 1.82) is 0 Å². The number of benzene rings is 2. The van der Waals surface area contributed by atoms with E-state index in [2.05, 4.69) is 5.32 Å². The molecule has 1 heterocycles. The Labute approximate surface area is 155 Å². The van der Waals surface area contributed by atoms with Crippen LogP contribution in [0.3, 0.4) is 0 Å². The van der Waals surface area contributed by atoms with Crippen LogP contribution >= 0.6 is 0 Å². The van der Waals surface area contributed by atoms with Crippen LogP contribution in [0.1, 0.15) is 16.1 Å². The Kier molecular flexibility index (Phi) is 5.15. The Morgan fingerprint density at radius 2 is 1.89 bits per heavy atom. The summed E-state index contributed by atoms with van der Waals surface area (Å²) in [4.78, 5) is 11.0. The summed E-state index contributed by atoms with van der Waals surface area (Å²) >= 11 is 0. The molecule has 8 nitrogen and oxygen atoms in total. The van der Waals surface area contributed by atoms with Gasteiger partial charge in [0.05, 0.1) is 24.1 Å². The molecule has 0 amide bonds. The Bertz CT molecular complexity index is 1050. The first-order valence-electron chi connectivity index (χ1n) is 7.78. The van der Waals surface area contributed by atoms with Gasteiger partial charge in [-0.3, -0.25) is 0 Å². The monoisotopic (exact) mass is 388 g/mol. The molecule has 0 unspecified atom stereocenters. The molecule has 0 spiro atoms. The van der Waals surface area contributed by atoms with Crippen molar-refractivity contribution < 1.29 is 27.5 Å². The van der Waals surface area contributed by atoms with Gasteiger partial charge in [-0.15, -0.1) is 0 Å². The van der Waals surface area contributed by atoms with Gasteiger partial charge in [0.25, 0.3) is 0 Å². The molecular weight excluding hydrogens is 372 g/mol. The first-order chi connectivity index (χ1) is 12.8. The number of nitrogens with two attached hydrogens (primary N) is 1. The second kappa shape index (κ2) is 7.52. The normalized spacial score (nSPS) is 11.1. The molecule has 140 valence electrons. The fourth-order valence-electron chi connectivity index (χ4n) is 2.38. The summed E-state index contributed by atoms with van der Waals surface area (Å²) in [6, 6.07) is 14.1. The molecule has 0 bridgehead atoms. The van der Waals surface area contributed by atoms with Gasteiger partial charge in [0.15, 0.2) is 5.75 Å². The second-order valence-corrected chi connectivity index (χ2v) is 7.08. The van der Waals surface area contributed by atoms with Crippen LogP contribution in [0, 0.1) is 0 Å². The number of primary sulfonamides is 1. The van der Waals surface area contributed by atoms with E-state index >= 15 is 0 Å². The summed E-state index contributed by atoms with van der Waals surface area (Å²) in [7, 11) is -4.26. The Morgan fingerprint density at radius 1 is 1.15 bits per heavy atom. The molecule has 0 aliphatic carbocycles. The Hall–Kier alpha value is -3.30. The number of ether oxygens (including phenoxy) is 1. The summed E-state index contributed by atoms with van der Waals surface area (Å²) in [5.41, 5.74) is -0.0967. The molecule has 3 rings (SSSR count). The number of furan rings is 1. The molecule has 0 fully saturated rings. The zero-order valence-corrected chi connectivity index (χ0v) is 14.8. The molecule has 2 aromatic carbocycles. The summed E-state index contributed by atoms with van der Waals surface area (Å²) in [5, 5.41) is 17.5. The molecule has 3 aromatic rings. The van der Waals surface area contributed by atoms with Crippen molar-refractivity contribution in [3.8, 4) is 11.5 Å². The van der Waals surface area contributed by atoms with E-state index in [9.17, 15) is 18.3 Å². The average Bonchev–Trinajstić information content (AvgIpc) is 3.14. The van der Waals surface area contributed by atoms with Crippen molar-refractivity contribution in [3.63, 3.8) is 0 Å². The first kappa shape index (κ1) is 18.5. The predicted octanol–water partition coefficient (Wildman–Crippen LogP) is 3.03. The number of aromatic carboxylic acids is 1. The van der Waals surface area contributed by atoms with Crippen molar-refractivity contribution in [1.82, 2.24) is 0 Å². The summed E-state index contributed by atoms with van der Waals surface area (Å²) in [6.45, 7) is 0.186. The van der Waals surface area contributed by atoms with E-state index < -0.39 is 20.9 Å². The van der Waals surface area contributed by atoms with Crippen LogP contribution < -0.4 is 15.2 Å². The number of anilines is 1. The molecule has 4 N–H and O–H groups in total. The molecular formula is C18H16N2O6S. The highest BCUT2D eigenvalue weighted by Gasteiger charge is 2.23. The summed E-state index contributed by atoms with van der Waals surface area (Å²) in [6.07, 6.45) is 1.49. The van der Waals surface area contributed by atoms with E-state index in [0.717, 1.165) is 6.07 Å². The van der Waals surface area contributed by atoms with Crippen LogP contribution in [0.15, 0.2) is 70.2 Å². The van der Waals surface area contributed by atoms with E-state index in [0.29, 0.717) is 11.5 Å². The molecule has 0 saturated heterocycles. The molecule has 0 aliphatic heterocycles. The first-order valence-corrected chi connectivity index (χ1v) is 9.32. The maximum atomic E-state index is 12.1. The number of sulfonamides is 1. The van der Waals surface area contributed by atoms with E-state index in [1.807, 2.05) is 0 Å². The van der Waals surface area contributed by atoms with E-state index in [-0.39, 0.29) is 23.5 Å². The van der Waals surface area contributed by atoms with Gasteiger partial charge in [-0.2, -0.15) is 0 Å². The highest BCUT2D eigenvalue weighted by molar-refractivity contribution is 7.89. The molecule has 0 radical (unpaired) electrons. The van der Waals surface area contributed by atoms with Crippen LogP contribution in [0.2, 0.25) is 0 Å². The summed E-state index contributed by atoms with van der Waals surface area (Å²) in [5.74, 6) is -0.461. The zero-order chi connectivity index (χ0) is 19.4. The third-order valence-electron chi connectivity index (χ3n) is 3.60. The maximum Gasteiger partial charge on any atom is 0.335 e. The average molecular weight is 388 g/mol. The lowest BCUT2D eigenvalue weighted by Crippen LogP contribution is -2.16. The number of carboxylic acids is 1. The van der Waals surface area contributed by atoms with Crippen LogP contribution in [-0.4, -0.2) is 19.5 Å². The van der Waals surface area contributed by atoms with Crippen molar-refractivity contribution in [2.24, 2.45) is 5.14 Å². The smallest absolute Gasteiger partial charge is 0.335 e. The largest absolute Gasteiger partial charge is 0.478 e. The zero-order valence-electron chi connectivity index (χ0n) is 14.0. The van der Waals surface area contributed by atoms with Crippen LogP contribution in [0.5, 0.6) is 11.5 Å². The van der Waals surface area contributed by atoms with Crippen molar-refractivity contribution in [3.05, 3.63) is 72.2 Å². The highest BCUT2D eigenvalue weighted by Crippen LogP contribution is 2.37. The Balaban J connectivity index is 2.11. The number of carbonyl (C=O) groups is 1. The van der Waals surface area contributed by atoms with Crippen LogP contribution in [-0.2, 0) is 16.6 Å². The number of carboxylic acid groups (broad SMARTS) is 1. The minimum Gasteiger partial charge on any atom is -0.478 e. The highest BCUT2D eigenvalue weighted by atomic mass is 32.2. The third-order valence-corrected chi connectivity index (χ3v) is 4.52.